The molecule has 0 amide bonds. The lowest BCUT2D eigenvalue weighted by atomic mass is 9.86. The second-order valence-corrected chi connectivity index (χ2v) is 5.31. The minimum absolute atomic E-state index is 0. The molecular weight excluding hydrogens is 206 g/mol. The van der Waals surface area contributed by atoms with Crippen LogP contribution in [0.3, 0.4) is 0 Å². The minimum atomic E-state index is 0. The van der Waals surface area contributed by atoms with E-state index in [0.717, 1.165) is 12.1 Å². The van der Waals surface area contributed by atoms with E-state index in [4.69, 9.17) is 0 Å². The highest BCUT2D eigenvalue weighted by molar-refractivity contribution is 5.85. The largest absolute Gasteiger partial charge is 0.311 e. The number of nitrogens with one attached hydrogen (secondary N) is 1. The van der Waals surface area contributed by atoms with Crippen LogP contribution in [0.5, 0.6) is 0 Å². The number of rotatable bonds is 0. The summed E-state index contributed by atoms with van der Waals surface area (Å²) in [5.74, 6) is 0. The van der Waals surface area contributed by atoms with Crippen molar-refractivity contribution in [1.29, 1.82) is 0 Å². The highest BCUT2D eigenvalue weighted by Crippen LogP contribution is 2.36. The van der Waals surface area contributed by atoms with Gasteiger partial charge in [0.25, 0.3) is 0 Å². The van der Waals surface area contributed by atoms with E-state index in [1.807, 2.05) is 11.1 Å². The van der Waals surface area contributed by atoms with Crippen LogP contribution in [-0.2, 0) is 0 Å². The standard InChI is InChI=1S/C13H21N.ClH/c1-2-4-10(5-3-1)11-8-12-6-7-13(9-11)14-12;/h12-14H,1-9H2;1H. The zero-order chi connectivity index (χ0) is 9.38. The summed E-state index contributed by atoms with van der Waals surface area (Å²) in [7, 11) is 0. The molecule has 0 aromatic heterocycles. The number of hydrogen-bond acceptors (Lipinski definition) is 1. The van der Waals surface area contributed by atoms with E-state index in [2.05, 4.69) is 5.32 Å². The molecule has 0 radical (unpaired) electrons. The van der Waals surface area contributed by atoms with Crippen molar-refractivity contribution in [3.05, 3.63) is 11.1 Å². The van der Waals surface area contributed by atoms with Crippen LogP contribution in [0.4, 0.5) is 0 Å². The Bertz CT molecular complexity index is 237. The van der Waals surface area contributed by atoms with Gasteiger partial charge in [0, 0.05) is 12.1 Å². The van der Waals surface area contributed by atoms with Crippen molar-refractivity contribution in [2.24, 2.45) is 0 Å². The molecule has 0 aromatic rings. The molecule has 2 heterocycles. The van der Waals surface area contributed by atoms with Crippen LogP contribution in [0.1, 0.15) is 57.8 Å². The first-order valence-electron chi connectivity index (χ1n) is 6.37. The van der Waals surface area contributed by atoms with Crippen molar-refractivity contribution in [3.8, 4) is 0 Å². The number of halogens is 1. The fourth-order valence-corrected chi connectivity index (χ4v) is 3.52. The van der Waals surface area contributed by atoms with Crippen LogP contribution >= 0.6 is 12.4 Å². The second-order valence-electron chi connectivity index (χ2n) is 5.31. The van der Waals surface area contributed by atoms with Crippen molar-refractivity contribution in [2.75, 3.05) is 0 Å². The number of piperidine rings is 1. The molecule has 1 aliphatic carbocycles. The van der Waals surface area contributed by atoms with Crippen molar-refractivity contribution in [2.45, 2.75) is 69.9 Å². The van der Waals surface area contributed by atoms with Gasteiger partial charge in [-0.05, 0) is 51.4 Å². The Kier molecular flexibility index (Phi) is 3.73. The van der Waals surface area contributed by atoms with E-state index in [0.29, 0.717) is 0 Å². The third-order valence-electron chi connectivity index (χ3n) is 4.28. The maximum absolute atomic E-state index is 3.73. The van der Waals surface area contributed by atoms with Gasteiger partial charge in [-0.25, -0.2) is 0 Å². The Hall–Kier alpha value is -0.0100. The summed E-state index contributed by atoms with van der Waals surface area (Å²) >= 11 is 0. The van der Waals surface area contributed by atoms with Gasteiger partial charge in [-0.3, -0.25) is 0 Å². The summed E-state index contributed by atoms with van der Waals surface area (Å²) in [5, 5.41) is 3.73. The molecule has 1 N–H and O–H groups in total. The predicted octanol–water partition coefficient (Wildman–Crippen LogP) is 3.58. The van der Waals surface area contributed by atoms with E-state index in [1.54, 1.807) is 0 Å². The van der Waals surface area contributed by atoms with Crippen LogP contribution in [0.25, 0.3) is 0 Å². The number of fused-ring (bicyclic) bond motifs is 2. The lowest BCUT2D eigenvalue weighted by Gasteiger charge is -2.28. The zero-order valence-electron chi connectivity index (χ0n) is 9.43. The maximum Gasteiger partial charge on any atom is 0.0108 e. The van der Waals surface area contributed by atoms with E-state index in [9.17, 15) is 0 Å². The normalized spacial score (nSPS) is 35.2. The summed E-state index contributed by atoms with van der Waals surface area (Å²) in [6.45, 7) is 0. The summed E-state index contributed by atoms with van der Waals surface area (Å²) in [5.41, 5.74) is 3.71. The fourth-order valence-electron chi connectivity index (χ4n) is 3.52. The molecule has 86 valence electrons. The van der Waals surface area contributed by atoms with Gasteiger partial charge in [-0.1, -0.05) is 17.6 Å². The van der Waals surface area contributed by atoms with Crippen LogP contribution in [0, 0.1) is 0 Å². The van der Waals surface area contributed by atoms with Crippen molar-refractivity contribution < 1.29 is 0 Å². The van der Waals surface area contributed by atoms with Crippen LogP contribution in [-0.4, -0.2) is 12.1 Å². The second kappa shape index (κ2) is 4.88. The van der Waals surface area contributed by atoms with E-state index in [1.165, 1.54) is 57.8 Å². The topological polar surface area (TPSA) is 12.0 Å². The molecule has 2 bridgehead atoms. The van der Waals surface area contributed by atoms with E-state index in [-0.39, 0.29) is 12.4 Å². The Balaban J connectivity index is 0.000000853. The average Bonchev–Trinajstić information content (AvgIpc) is 2.59. The fraction of sp³-hybridized carbons (Fsp3) is 0.846. The molecule has 2 atom stereocenters. The lowest BCUT2D eigenvalue weighted by molar-refractivity contribution is 0.461. The van der Waals surface area contributed by atoms with Crippen molar-refractivity contribution in [1.82, 2.24) is 5.32 Å². The first-order chi connectivity index (χ1) is 6.92. The molecule has 15 heavy (non-hydrogen) atoms. The Labute approximate surface area is 99.1 Å². The molecule has 2 heteroatoms. The van der Waals surface area contributed by atoms with Gasteiger partial charge >= 0.3 is 0 Å². The highest BCUT2D eigenvalue weighted by atomic mass is 35.5. The van der Waals surface area contributed by atoms with E-state index >= 15 is 0 Å². The average molecular weight is 228 g/mol. The van der Waals surface area contributed by atoms with Gasteiger partial charge < -0.3 is 5.32 Å². The van der Waals surface area contributed by atoms with Gasteiger partial charge in [-0.15, -0.1) is 12.4 Å². The summed E-state index contributed by atoms with van der Waals surface area (Å²) in [6, 6.07) is 1.69. The zero-order valence-corrected chi connectivity index (χ0v) is 10.2. The SMILES string of the molecule is C1CCC(=C2CC3CCC(C2)N3)CC1.Cl. The Morgan fingerprint density at radius 3 is 2.00 bits per heavy atom. The molecule has 0 aromatic carbocycles. The Morgan fingerprint density at radius 2 is 1.40 bits per heavy atom. The Morgan fingerprint density at radius 1 is 0.800 bits per heavy atom. The maximum atomic E-state index is 3.73. The van der Waals surface area contributed by atoms with Gasteiger partial charge in [0.05, 0.1) is 0 Å². The first kappa shape index (κ1) is 11.5. The molecule has 3 aliphatic rings. The molecule has 1 nitrogen and oxygen atoms in total. The summed E-state index contributed by atoms with van der Waals surface area (Å²) in [6.07, 6.45) is 12.9. The van der Waals surface area contributed by atoms with Crippen molar-refractivity contribution in [3.63, 3.8) is 0 Å². The van der Waals surface area contributed by atoms with E-state index < -0.39 is 0 Å². The summed E-state index contributed by atoms with van der Waals surface area (Å²) in [4.78, 5) is 0. The summed E-state index contributed by atoms with van der Waals surface area (Å²) < 4.78 is 0. The van der Waals surface area contributed by atoms with Gasteiger partial charge in [0.1, 0.15) is 0 Å². The monoisotopic (exact) mass is 227 g/mol. The van der Waals surface area contributed by atoms with Gasteiger partial charge in [-0.2, -0.15) is 0 Å². The lowest BCUT2D eigenvalue weighted by Crippen LogP contribution is -2.35. The van der Waals surface area contributed by atoms with Crippen molar-refractivity contribution >= 4 is 12.4 Å². The molecule has 2 unspecified atom stereocenters. The smallest absolute Gasteiger partial charge is 0.0108 e. The van der Waals surface area contributed by atoms with Gasteiger partial charge in [0.15, 0.2) is 0 Å². The van der Waals surface area contributed by atoms with Crippen LogP contribution < -0.4 is 5.32 Å². The predicted molar refractivity (Wildman–Crippen MR) is 66.5 cm³/mol. The number of allylic oxidation sites excluding steroid dienone is 1. The molecule has 3 fully saturated rings. The molecular formula is C13H22ClN. The first-order valence-corrected chi connectivity index (χ1v) is 6.37. The molecule has 0 spiro atoms. The molecule has 2 saturated heterocycles. The molecule has 2 aliphatic heterocycles. The van der Waals surface area contributed by atoms with Gasteiger partial charge in [0.2, 0.25) is 0 Å². The van der Waals surface area contributed by atoms with Crippen LogP contribution in [0.15, 0.2) is 11.1 Å². The quantitative estimate of drug-likeness (QED) is 0.624. The molecule has 3 rings (SSSR count). The highest BCUT2D eigenvalue weighted by Gasteiger charge is 2.31. The minimum Gasteiger partial charge on any atom is -0.311 e. The third kappa shape index (κ3) is 2.39. The van der Waals surface area contributed by atoms with Crippen LogP contribution in [0.2, 0.25) is 0 Å². The molecule has 1 saturated carbocycles. The third-order valence-corrected chi connectivity index (χ3v) is 4.28. The number of hydrogen-bond donors (Lipinski definition) is 1.